The Bertz CT molecular complexity index is 631. The van der Waals surface area contributed by atoms with Crippen LogP contribution in [0.4, 0.5) is 5.69 Å². The van der Waals surface area contributed by atoms with Crippen LogP contribution in [0.5, 0.6) is 5.75 Å². The highest BCUT2D eigenvalue weighted by Gasteiger charge is 2.42. The highest BCUT2D eigenvalue weighted by Crippen LogP contribution is 2.39. The first-order chi connectivity index (χ1) is 11.5. The molecule has 6 heteroatoms. The molecule has 130 valence electrons. The number of hydrogen-bond donors (Lipinski definition) is 2. The van der Waals surface area contributed by atoms with E-state index in [0.717, 1.165) is 43.5 Å². The summed E-state index contributed by atoms with van der Waals surface area (Å²) in [7, 11) is 0. The van der Waals surface area contributed by atoms with E-state index < -0.39 is 5.66 Å². The minimum Gasteiger partial charge on any atom is -0.491 e. The molecule has 1 aliphatic heterocycles. The average molecular weight is 329 g/mol. The lowest BCUT2D eigenvalue weighted by atomic mass is 9.87. The molecule has 0 radical (unpaired) electrons. The van der Waals surface area contributed by atoms with Gasteiger partial charge in [-0.15, -0.1) is 0 Å². The summed E-state index contributed by atoms with van der Waals surface area (Å²) in [5, 5.41) is 0. The molecule has 1 heterocycles. The monoisotopic (exact) mass is 329 g/mol. The Labute approximate surface area is 143 Å². The molecule has 1 atom stereocenters. The first-order valence-electron chi connectivity index (χ1n) is 8.80. The number of rotatable bonds is 4. The van der Waals surface area contributed by atoms with E-state index in [1.807, 2.05) is 29.2 Å². The van der Waals surface area contributed by atoms with E-state index in [2.05, 4.69) is 23.8 Å². The van der Waals surface area contributed by atoms with Crippen molar-refractivity contribution in [2.45, 2.75) is 64.1 Å². The Balaban J connectivity index is 1.89. The van der Waals surface area contributed by atoms with E-state index in [-0.39, 0.29) is 12.1 Å². The van der Waals surface area contributed by atoms with Crippen LogP contribution in [0.1, 0.15) is 52.4 Å². The van der Waals surface area contributed by atoms with Crippen LogP contribution in [0.3, 0.4) is 0 Å². The molecule has 6 nitrogen and oxygen atoms in total. The molecule has 3 rings (SSSR count). The topological polar surface area (TPSA) is 89.2 Å². The molecule has 0 amide bonds. The fourth-order valence-electron chi connectivity index (χ4n) is 3.48. The molecule has 1 saturated carbocycles. The third kappa shape index (κ3) is 3.18. The molecule has 1 unspecified atom stereocenters. The Hall–Kier alpha value is -2.24. The summed E-state index contributed by atoms with van der Waals surface area (Å²) in [6.45, 7) is 4.18. The van der Waals surface area contributed by atoms with Crippen LogP contribution in [0.15, 0.2) is 34.3 Å². The van der Waals surface area contributed by atoms with Crippen molar-refractivity contribution in [1.29, 1.82) is 0 Å². The summed E-state index contributed by atoms with van der Waals surface area (Å²) in [5.74, 6) is 1.56. The van der Waals surface area contributed by atoms with Crippen LogP contribution in [0.25, 0.3) is 0 Å². The van der Waals surface area contributed by atoms with Crippen molar-refractivity contribution in [2.75, 3.05) is 4.90 Å². The average Bonchev–Trinajstić information content (AvgIpc) is 2.56. The van der Waals surface area contributed by atoms with E-state index in [9.17, 15) is 0 Å². The SMILES string of the molecule is CCC(C)Oc1ccc(N2C(N)=NC(N)=NC23CCCCC3)cc1. The molecule has 1 fully saturated rings. The molecule has 0 saturated heterocycles. The molecule has 1 aromatic rings. The summed E-state index contributed by atoms with van der Waals surface area (Å²) in [5.41, 5.74) is 12.7. The lowest BCUT2D eigenvalue weighted by molar-refractivity contribution is 0.217. The zero-order valence-corrected chi connectivity index (χ0v) is 14.5. The maximum atomic E-state index is 6.23. The molecular formula is C18H27N5O. The Morgan fingerprint density at radius 1 is 1.17 bits per heavy atom. The predicted octanol–water partition coefficient (Wildman–Crippen LogP) is 2.97. The molecule has 24 heavy (non-hydrogen) atoms. The highest BCUT2D eigenvalue weighted by molar-refractivity contribution is 6.05. The lowest BCUT2D eigenvalue weighted by Crippen LogP contribution is -2.58. The van der Waals surface area contributed by atoms with Gasteiger partial charge in [0.05, 0.1) is 6.10 Å². The molecule has 2 aliphatic rings. The van der Waals surface area contributed by atoms with E-state index >= 15 is 0 Å². The normalized spacial score (nSPS) is 21.2. The Morgan fingerprint density at radius 2 is 1.83 bits per heavy atom. The largest absolute Gasteiger partial charge is 0.491 e. The number of ether oxygens (including phenoxy) is 1. The second kappa shape index (κ2) is 6.71. The van der Waals surface area contributed by atoms with Crippen molar-refractivity contribution in [3.05, 3.63) is 24.3 Å². The van der Waals surface area contributed by atoms with Crippen LogP contribution >= 0.6 is 0 Å². The van der Waals surface area contributed by atoms with Gasteiger partial charge in [-0.3, -0.25) is 4.90 Å². The Kier molecular flexibility index (Phi) is 4.64. The first kappa shape index (κ1) is 16.6. The second-order valence-electron chi connectivity index (χ2n) is 6.65. The van der Waals surface area contributed by atoms with Gasteiger partial charge in [-0.05, 0) is 63.3 Å². The third-order valence-electron chi connectivity index (χ3n) is 4.86. The zero-order valence-electron chi connectivity index (χ0n) is 14.5. The zero-order chi connectivity index (χ0) is 17.2. The predicted molar refractivity (Wildman–Crippen MR) is 98.4 cm³/mol. The quantitative estimate of drug-likeness (QED) is 0.888. The molecule has 1 aromatic carbocycles. The molecule has 4 N–H and O–H groups in total. The summed E-state index contributed by atoms with van der Waals surface area (Å²) in [6, 6.07) is 8.00. The number of nitrogens with zero attached hydrogens (tertiary/aromatic N) is 3. The number of nitrogens with two attached hydrogens (primary N) is 2. The smallest absolute Gasteiger partial charge is 0.220 e. The maximum Gasteiger partial charge on any atom is 0.220 e. The van der Waals surface area contributed by atoms with Gasteiger partial charge in [0, 0.05) is 5.69 Å². The van der Waals surface area contributed by atoms with Crippen molar-refractivity contribution in [3.63, 3.8) is 0 Å². The summed E-state index contributed by atoms with van der Waals surface area (Å²) >= 11 is 0. The lowest BCUT2D eigenvalue weighted by Gasteiger charge is -2.45. The molecule has 0 bridgehead atoms. The van der Waals surface area contributed by atoms with E-state index in [1.54, 1.807) is 0 Å². The number of aliphatic imine (C=N–C) groups is 2. The number of guanidine groups is 2. The van der Waals surface area contributed by atoms with Gasteiger partial charge in [-0.1, -0.05) is 13.3 Å². The Morgan fingerprint density at radius 3 is 2.46 bits per heavy atom. The highest BCUT2D eigenvalue weighted by atomic mass is 16.5. The van der Waals surface area contributed by atoms with E-state index in [1.165, 1.54) is 6.42 Å². The molecule has 1 spiro atoms. The third-order valence-corrected chi connectivity index (χ3v) is 4.86. The van der Waals surface area contributed by atoms with Crippen molar-refractivity contribution in [1.82, 2.24) is 0 Å². The second-order valence-corrected chi connectivity index (χ2v) is 6.65. The van der Waals surface area contributed by atoms with Gasteiger partial charge in [0.2, 0.25) is 11.9 Å². The van der Waals surface area contributed by atoms with Crippen molar-refractivity contribution >= 4 is 17.6 Å². The standard InChI is InChI=1S/C18H27N5O/c1-3-13(2)24-15-9-7-14(8-10-15)23-17(20)21-16(19)22-18(23)11-5-4-6-12-18/h7-10,13H,3-6,11-12H2,1-2H3,(H4,19,20,21,22). The van der Waals surface area contributed by atoms with Crippen molar-refractivity contribution in [3.8, 4) is 5.75 Å². The molecule has 0 aromatic heterocycles. The molecular weight excluding hydrogens is 302 g/mol. The number of anilines is 1. The minimum absolute atomic E-state index is 0.201. The van der Waals surface area contributed by atoms with Crippen LogP contribution in [0.2, 0.25) is 0 Å². The summed E-state index contributed by atoms with van der Waals surface area (Å²) < 4.78 is 5.86. The van der Waals surface area contributed by atoms with Gasteiger partial charge in [-0.2, -0.15) is 4.99 Å². The van der Waals surface area contributed by atoms with E-state index in [4.69, 9.17) is 16.2 Å². The van der Waals surface area contributed by atoms with Gasteiger partial charge < -0.3 is 16.2 Å². The van der Waals surface area contributed by atoms with Gasteiger partial charge in [-0.25, -0.2) is 4.99 Å². The fourth-order valence-corrected chi connectivity index (χ4v) is 3.48. The van der Waals surface area contributed by atoms with Crippen LogP contribution in [0, 0.1) is 0 Å². The van der Waals surface area contributed by atoms with Gasteiger partial charge in [0.25, 0.3) is 0 Å². The van der Waals surface area contributed by atoms with E-state index in [0.29, 0.717) is 5.96 Å². The first-order valence-corrected chi connectivity index (χ1v) is 8.80. The maximum absolute atomic E-state index is 6.23. The number of benzene rings is 1. The minimum atomic E-state index is -0.396. The summed E-state index contributed by atoms with van der Waals surface area (Å²) in [4.78, 5) is 10.9. The van der Waals surface area contributed by atoms with Gasteiger partial charge in [0.15, 0.2) is 0 Å². The van der Waals surface area contributed by atoms with Crippen molar-refractivity contribution < 1.29 is 4.74 Å². The van der Waals surface area contributed by atoms with Crippen LogP contribution in [-0.2, 0) is 0 Å². The van der Waals surface area contributed by atoms with Crippen molar-refractivity contribution in [2.24, 2.45) is 21.5 Å². The fraction of sp³-hybridized carbons (Fsp3) is 0.556. The number of hydrogen-bond acceptors (Lipinski definition) is 6. The van der Waals surface area contributed by atoms with Crippen LogP contribution in [-0.4, -0.2) is 23.7 Å². The van der Waals surface area contributed by atoms with Gasteiger partial charge in [0.1, 0.15) is 11.4 Å². The van der Waals surface area contributed by atoms with Crippen LogP contribution < -0.4 is 21.1 Å². The van der Waals surface area contributed by atoms with Gasteiger partial charge >= 0.3 is 0 Å². The summed E-state index contributed by atoms with van der Waals surface area (Å²) in [6.07, 6.45) is 6.52. The molecule has 1 aliphatic carbocycles.